The quantitative estimate of drug-likeness (QED) is 0.783. The van der Waals surface area contributed by atoms with E-state index in [4.69, 9.17) is 0 Å². The SMILES string of the molecule is CSC1CCC(NC(=O)NCC(C)(O)c2cccs2)C1. The summed E-state index contributed by atoms with van der Waals surface area (Å²) in [7, 11) is 0. The summed E-state index contributed by atoms with van der Waals surface area (Å²) in [6.07, 6.45) is 5.36. The Morgan fingerprint density at radius 1 is 1.60 bits per heavy atom. The van der Waals surface area contributed by atoms with Gasteiger partial charge in [0, 0.05) is 16.2 Å². The first-order chi connectivity index (χ1) is 9.51. The van der Waals surface area contributed by atoms with Crippen molar-refractivity contribution < 1.29 is 9.90 Å². The van der Waals surface area contributed by atoms with E-state index in [-0.39, 0.29) is 18.6 Å². The standard InChI is InChI=1S/C14H22N2O2S2/c1-14(18,12-4-3-7-20-12)9-15-13(17)16-10-5-6-11(8-10)19-2/h3-4,7,10-11,18H,5-6,8-9H2,1-2H3,(H2,15,16,17). The molecular formula is C14H22N2O2S2. The van der Waals surface area contributed by atoms with Crippen LogP contribution in [0.1, 0.15) is 31.1 Å². The van der Waals surface area contributed by atoms with Crippen LogP contribution in [-0.4, -0.2) is 35.2 Å². The number of nitrogens with one attached hydrogen (secondary N) is 2. The Labute approximate surface area is 128 Å². The second-order valence-corrected chi connectivity index (χ2v) is 7.53. The lowest BCUT2D eigenvalue weighted by Gasteiger charge is -2.23. The number of hydrogen-bond acceptors (Lipinski definition) is 4. The van der Waals surface area contributed by atoms with Crippen LogP contribution in [0.5, 0.6) is 0 Å². The van der Waals surface area contributed by atoms with E-state index in [1.165, 1.54) is 17.8 Å². The summed E-state index contributed by atoms with van der Waals surface area (Å²) in [6.45, 7) is 1.94. The van der Waals surface area contributed by atoms with Gasteiger partial charge in [-0.15, -0.1) is 11.3 Å². The zero-order valence-corrected chi connectivity index (χ0v) is 13.5. The van der Waals surface area contributed by atoms with Gasteiger partial charge >= 0.3 is 6.03 Å². The molecule has 1 saturated carbocycles. The van der Waals surface area contributed by atoms with Crippen LogP contribution in [0.4, 0.5) is 4.79 Å². The highest BCUT2D eigenvalue weighted by Crippen LogP contribution is 2.28. The third-order valence-corrected chi connectivity index (χ3v) is 5.92. The second kappa shape index (κ2) is 6.83. The third-order valence-electron chi connectivity index (χ3n) is 3.70. The highest BCUT2D eigenvalue weighted by Gasteiger charge is 2.27. The Kier molecular flexibility index (Phi) is 5.35. The summed E-state index contributed by atoms with van der Waals surface area (Å²) in [5, 5.41) is 18.7. The minimum Gasteiger partial charge on any atom is -0.383 e. The fourth-order valence-corrected chi connectivity index (χ4v) is 4.03. The van der Waals surface area contributed by atoms with Gasteiger partial charge in [0.2, 0.25) is 0 Å². The van der Waals surface area contributed by atoms with Crippen molar-refractivity contribution in [3.63, 3.8) is 0 Å². The average Bonchev–Trinajstić information content (AvgIpc) is 3.07. The van der Waals surface area contributed by atoms with Crippen LogP contribution in [0.3, 0.4) is 0 Å². The number of amides is 2. The largest absolute Gasteiger partial charge is 0.383 e. The van der Waals surface area contributed by atoms with Crippen LogP contribution in [-0.2, 0) is 5.60 Å². The summed E-state index contributed by atoms with van der Waals surface area (Å²) in [4.78, 5) is 12.7. The molecule has 1 aliphatic carbocycles. The molecule has 1 heterocycles. The van der Waals surface area contributed by atoms with Gasteiger partial charge in [0.15, 0.2) is 0 Å². The molecule has 0 radical (unpaired) electrons. The summed E-state index contributed by atoms with van der Waals surface area (Å²) < 4.78 is 0. The molecule has 3 N–H and O–H groups in total. The van der Waals surface area contributed by atoms with Gasteiger partial charge in [-0.05, 0) is 43.9 Å². The summed E-state index contributed by atoms with van der Waals surface area (Å²) in [6, 6.07) is 3.85. The maximum atomic E-state index is 11.9. The molecule has 3 unspecified atom stereocenters. The molecule has 0 bridgehead atoms. The van der Waals surface area contributed by atoms with E-state index in [1.54, 1.807) is 6.92 Å². The zero-order chi connectivity index (χ0) is 14.6. The van der Waals surface area contributed by atoms with Crippen molar-refractivity contribution in [2.24, 2.45) is 0 Å². The van der Waals surface area contributed by atoms with Crippen LogP contribution < -0.4 is 10.6 Å². The molecule has 1 aromatic heterocycles. The first-order valence-electron chi connectivity index (χ1n) is 6.85. The fraction of sp³-hybridized carbons (Fsp3) is 0.643. The summed E-state index contributed by atoms with van der Waals surface area (Å²) in [5.41, 5.74) is -1.01. The molecule has 112 valence electrons. The molecule has 0 aliphatic heterocycles. The van der Waals surface area contributed by atoms with Crippen LogP contribution in [0, 0.1) is 0 Å². The first-order valence-corrected chi connectivity index (χ1v) is 9.01. The molecule has 6 heteroatoms. The molecule has 0 saturated heterocycles. The Morgan fingerprint density at radius 2 is 2.40 bits per heavy atom. The fourth-order valence-electron chi connectivity index (χ4n) is 2.45. The van der Waals surface area contributed by atoms with Gasteiger partial charge in [-0.25, -0.2) is 4.79 Å². The Balaban J connectivity index is 1.75. The van der Waals surface area contributed by atoms with Crippen molar-refractivity contribution in [2.45, 2.75) is 43.1 Å². The molecule has 20 heavy (non-hydrogen) atoms. The second-order valence-electron chi connectivity index (χ2n) is 5.45. The molecule has 2 rings (SSSR count). The van der Waals surface area contributed by atoms with Crippen molar-refractivity contribution >= 4 is 29.1 Å². The Bertz CT molecular complexity index is 434. The lowest BCUT2D eigenvalue weighted by Crippen LogP contribution is -2.46. The third kappa shape index (κ3) is 4.14. The number of thiophene rings is 1. The van der Waals surface area contributed by atoms with Crippen molar-refractivity contribution in [1.29, 1.82) is 0 Å². The minimum absolute atomic E-state index is 0.186. The van der Waals surface area contributed by atoms with Gasteiger partial charge in [-0.1, -0.05) is 6.07 Å². The molecule has 1 aliphatic rings. The number of carbonyl (C=O) groups excluding carboxylic acids is 1. The van der Waals surface area contributed by atoms with Gasteiger partial charge in [0.05, 0.1) is 6.54 Å². The van der Waals surface area contributed by atoms with Crippen LogP contribution >= 0.6 is 23.1 Å². The van der Waals surface area contributed by atoms with Gasteiger partial charge in [0.25, 0.3) is 0 Å². The van der Waals surface area contributed by atoms with E-state index >= 15 is 0 Å². The summed E-state index contributed by atoms with van der Waals surface area (Å²) >= 11 is 3.36. The lowest BCUT2D eigenvalue weighted by molar-refractivity contribution is 0.0630. The number of rotatable bonds is 5. The molecule has 1 fully saturated rings. The van der Waals surface area contributed by atoms with E-state index in [2.05, 4.69) is 16.9 Å². The van der Waals surface area contributed by atoms with E-state index in [9.17, 15) is 9.90 Å². The number of urea groups is 1. The molecule has 2 amide bonds. The van der Waals surface area contributed by atoms with Crippen molar-refractivity contribution in [1.82, 2.24) is 10.6 Å². The molecule has 0 aromatic carbocycles. The van der Waals surface area contributed by atoms with Gasteiger partial charge in [0.1, 0.15) is 5.60 Å². The number of thioether (sulfide) groups is 1. The molecule has 1 aromatic rings. The number of aliphatic hydroxyl groups is 1. The summed E-state index contributed by atoms with van der Waals surface area (Å²) in [5.74, 6) is 0. The van der Waals surface area contributed by atoms with Crippen molar-refractivity contribution in [3.05, 3.63) is 22.4 Å². The maximum absolute atomic E-state index is 11.9. The van der Waals surface area contributed by atoms with Gasteiger partial charge in [-0.2, -0.15) is 11.8 Å². The number of carbonyl (C=O) groups is 1. The van der Waals surface area contributed by atoms with Gasteiger partial charge in [-0.3, -0.25) is 0 Å². The van der Waals surface area contributed by atoms with Crippen LogP contribution in [0.2, 0.25) is 0 Å². The van der Waals surface area contributed by atoms with Crippen LogP contribution in [0.25, 0.3) is 0 Å². The van der Waals surface area contributed by atoms with Crippen LogP contribution in [0.15, 0.2) is 17.5 Å². The first kappa shape index (κ1) is 15.7. The minimum atomic E-state index is -1.01. The average molecular weight is 314 g/mol. The van der Waals surface area contributed by atoms with Crippen molar-refractivity contribution in [2.75, 3.05) is 12.8 Å². The highest BCUT2D eigenvalue weighted by atomic mass is 32.2. The van der Waals surface area contributed by atoms with Gasteiger partial charge < -0.3 is 15.7 Å². The van der Waals surface area contributed by atoms with E-state index < -0.39 is 5.60 Å². The molecule has 4 nitrogen and oxygen atoms in total. The Hall–Kier alpha value is -0.720. The highest BCUT2D eigenvalue weighted by molar-refractivity contribution is 7.99. The monoisotopic (exact) mass is 314 g/mol. The normalized spacial score (nSPS) is 25.1. The topological polar surface area (TPSA) is 61.4 Å². The molecule has 3 atom stereocenters. The lowest BCUT2D eigenvalue weighted by atomic mass is 10.1. The maximum Gasteiger partial charge on any atom is 0.315 e. The number of hydrogen-bond donors (Lipinski definition) is 3. The van der Waals surface area contributed by atoms with E-state index in [0.29, 0.717) is 5.25 Å². The molecular weight excluding hydrogens is 292 g/mol. The predicted molar refractivity (Wildman–Crippen MR) is 85.4 cm³/mol. The smallest absolute Gasteiger partial charge is 0.315 e. The Morgan fingerprint density at radius 3 is 3.00 bits per heavy atom. The van der Waals surface area contributed by atoms with Crippen molar-refractivity contribution in [3.8, 4) is 0 Å². The van der Waals surface area contributed by atoms with E-state index in [0.717, 1.165) is 17.7 Å². The molecule has 0 spiro atoms. The van der Waals surface area contributed by atoms with E-state index in [1.807, 2.05) is 29.3 Å². The zero-order valence-electron chi connectivity index (χ0n) is 11.9. The predicted octanol–water partition coefficient (Wildman–Crippen LogP) is 2.54.